The quantitative estimate of drug-likeness (QED) is 0.897. The van der Waals surface area contributed by atoms with Gasteiger partial charge in [0.2, 0.25) is 0 Å². The second-order valence-electron chi connectivity index (χ2n) is 4.73. The standard InChI is InChI=1S/C14H18ClN3/c1-11(2)9-16-10-12-7-8-18(17-12)14-6-4-3-5-13(14)15/h3-8,11,16H,9-10H2,1-2H3. The molecule has 3 nitrogen and oxygen atoms in total. The molecule has 0 saturated carbocycles. The van der Waals surface area contributed by atoms with Gasteiger partial charge in [0.15, 0.2) is 0 Å². The van der Waals surface area contributed by atoms with Crippen molar-refractivity contribution in [2.45, 2.75) is 20.4 Å². The van der Waals surface area contributed by atoms with Gasteiger partial charge in [-0.3, -0.25) is 0 Å². The fourth-order valence-corrected chi connectivity index (χ4v) is 1.94. The average Bonchev–Trinajstić information content (AvgIpc) is 2.78. The molecule has 1 aromatic heterocycles. The molecule has 0 atom stereocenters. The Morgan fingerprint density at radius 2 is 2.06 bits per heavy atom. The zero-order valence-corrected chi connectivity index (χ0v) is 11.5. The summed E-state index contributed by atoms with van der Waals surface area (Å²) in [6.07, 6.45) is 1.94. The monoisotopic (exact) mass is 263 g/mol. The van der Waals surface area contributed by atoms with Crippen molar-refractivity contribution in [2.75, 3.05) is 6.54 Å². The van der Waals surface area contributed by atoms with Gasteiger partial charge >= 0.3 is 0 Å². The Morgan fingerprint density at radius 1 is 1.28 bits per heavy atom. The number of rotatable bonds is 5. The zero-order valence-electron chi connectivity index (χ0n) is 10.7. The minimum Gasteiger partial charge on any atom is -0.311 e. The Balaban J connectivity index is 2.04. The van der Waals surface area contributed by atoms with Crippen LogP contribution in [0.15, 0.2) is 36.5 Å². The molecule has 2 aromatic rings. The Labute approximate surface area is 113 Å². The van der Waals surface area contributed by atoms with Gasteiger partial charge in [0.05, 0.1) is 16.4 Å². The van der Waals surface area contributed by atoms with Gasteiger partial charge in [-0.2, -0.15) is 5.10 Å². The van der Waals surface area contributed by atoms with Crippen LogP contribution in [0.25, 0.3) is 5.69 Å². The number of para-hydroxylation sites is 1. The maximum Gasteiger partial charge on any atom is 0.0831 e. The van der Waals surface area contributed by atoms with Crippen LogP contribution < -0.4 is 5.32 Å². The smallest absolute Gasteiger partial charge is 0.0831 e. The number of hydrogen-bond donors (Lipinski definition) is 1. The molecule has 0 aliphatic carbocycles. The van der Waals surface area contributed by atoms with Gasteiger partial charge in [0.25, 0.3) is 0 Å². The predicted molar refractivity (Wildman–Crippen MR) is 75.1 cm³/mol. The second-order valence-corrected chi connectivity index (χ2v) is 5.14. The van der Waals surface area contributed by atoms with Gasteiger partial charge in [-0.25, -0.2) is 4.68 Å². The second kappa shape index (κ2) is 6.03. The highest BCUT2D eigenvalue weighted by Crippen LogP contribution is 2.18. The first-order valence-electron chi connectivity index (χ1n) is 6.17. The molecule has 0 aliphatic rings. The Kier molecular flexibility index (Phi) is 4.39. The highest BCUT2D eigenvalue weighted by atomic mass is 35.5. The number of benzene rings is 1. The van der Waals surface area contributed by atoms with E-state index in [0.717, 1.165) is 24.5 Å². The molecular formula is C14H18ClN3. The van der Waals surface area contributed by atoms with Gasteiger partial charge in [-0.05, 0) is 30.7 Å². The molecule has 96 valence electrons. The first-order valence-corrected chi connectivity index (χ1v) is 6.55. The van der Waals surface area contributed by atoms with Crippen LogP contribution in [0.2, 0.25) is 5.02 Å². The van der Waals surface area contributed by atoms with Crippen LogP contribution in [-0.4, -0.2) is 16.3 Å². The van der Waals surface area contributed by atoms with Crippen LogP contribution in [-0.2, 0) is 6.54 Å². The molecule has 0 spiro atoms. The van der Waals surface area contributed by atoms with Crippen molar-refractivity contribution in [2.24, 2.45) is 5.92 Å². The van der Waals surface area contributed by atoms with Gasteiger partial charge in [0.1, 0.15) is 0 Å². The molecular weight excluding hydrogens is 246 g/mol. The number of halogens is 1. The summed E-state index contributed by atoms with van der Waals surface area (Å²) in [5, 5.41) is 8.59. The maximum absolute atomic E-state index is 6.14. The molecule has 0 amide bonds. The molecule has 2 rings (SSSR count). The van der Waals surface area contributed by atoms with E-state index in [-0.39, 0.29) is 0 Å². The lowest BCUT2D eigenvalue weighted by Gasteiger charge is -2.05. The zero-order chi connectivity index (χ0) is 13.0. The molecule has 0 saturated heterocycles. The van der Waals surface area contributed by atoms with Crippen molar-refractivity contribution < 1.29 is 0 Å². The SMILES string of the molecule is CC(C)CNCc1ccn(-c2ccccc2Cl)n1. The molecule has 0 radical (unpaired) electrons. The largest absolute Gasteiger partial charge is 0.311 e. The summed E-state index contributed by atoms with van der Waals surface area (Å²) < 4.78 is 1.81. The van der Waals surface area contributed by atoms with Crippen LogP contribution in [0, 0.1) is 5.92 Å². The van der Waals surface area contributed by atoms with Crippen molar-refractivity contribution in [1.82, 2.24) is 15.1 Å². The van der Waals surface area contributed by atoms with E-state index in [2.05, 4.69) is 24.3 Å². The average molecular weight is 264 g/mol. The highest BCUT2D eigenvalue weighted by Gasteiger charge is 2.04. The summed E-state index contributed by atoms with van der Waals surface area (Å²) in [4.78, 5) is 0. The van der Waals surface area contributed by atoms with E-state index >= 15 is 0 Å². The third-order valence-electron chi connectivity index (χ3n) is 2.60. The van der Waals surface area contributed by atoms with E-state index in [1.807, 2.05) is 41.2 Å². The third kappa shape index (κ3) is 3.34. The van der Waals surface area contributed by atoms with Crippen molar-refractivity contribution in [3.63, 3.8) is 0 Å². The summed E-state index contributed by atoms with van der Waals surface area (Å²) in [6.45, 7) is 6.17. The lowest BCUT2D eigenvalue weighted by molar-refractivity contribution is 0.546. The Bertz CT molecular complexity index is 505. The van der Waals surface area contributed by atoms with Crippen LogP contribution in [0.5, 0.6) is 0 Å². The normalized spacial score (nSPS) is 11.1. The summed E-state index contributed by atoms with van der Waals surface area (Å²) in [5.74, 6) is 0.649. The Hall–Kier alpha value is -1.32. The first kappa shape index (κ1) is 13.1. The fourth-order valence-electron chi connectivity index (χ4n) is 1.72. The van der Waals surface area contributed by atoms with Crippen molar-refractivity contribution in [1.29, 1.82) is 0 Å². The lowest BCUT2D eigenvalue weighted by atomic mass is 10.2. The van der Waals surface area contributed by atoms with E-state index in [1.165, 1.54) is 0 Å². The van der Waals surface area contributed by atoms with Crippen LogP contribution in [0.4, 0.5) is 0 Å². The fraction of sp³-hybridized carbons (Fsp3) is 0.357. The number of hydrogen-bond acceptors (Lipinski definition) is 2. The van der Waals surface area contributed by atoms with E-state index in [0.29, 0.717) is 10.9 Å². The predicted octanol–water partition coefficient (Wildman–Crippen LogP) is 3.27. The highest BCUT2D eigenvalue weighted by molar-refractivity contribution is 6.32. The molecule has 0 unspecified atom stereocenters. The molecule has 1 heterocycles. The number of nitrogens with zero attached hydrogens (tertiary/aromatic N) is 2. The molecule has 1 N–H and O–H groups in total. The topological polar surface area (TPSA) is 29.9 Å². The molecule has 18 heavy (non-hydrogen) atoms. The molecule has 0 bridgehead atoms. The maximum atomic E-state index is 6.14. The van der Waals surface area contributed by atoms with Crippen LogP contribution in [0.3, 0.4) is 0 Å². The van der Waals surface area contributed by atoms with E-state index in [9.17, 15) is 0 Å². The first-order chi connectivity index (χ1) is 8.66. The minimum atomic E-state index is 0.649. The summed E-state index contributed by atoms with van der Waals surface area (Å²) in [5.41, 5.74) is 1.94. The van der Waals surface area contributed by atoms with E-state index < -0.39 is 0 Å². The van der Waals surface area contributed by atoms with E-state index in [1.54, 1.807) is 0 Å². The van der Waals surface area contributed by atoms with Gasteiger partial charge in [-0.1, -0.05) is 37.6 Å². The van der Waals surface area contributed by atoms with E-state index in [4.69, 9.17) is 11.6 Å². The molecule has 0 fully saturated rings. The summed E-state index contributed by atoms with van der Waals surface area (Å²) in [6, 6.07) is 9.71. The van der Waals surface area contributed by atoms with Gasteiger partial charge in [-0.15, -0.1) is 0 Å². The van der Waals surface area contributed by atoms with Crippen molar-refractivity contribution >= 4 is 11.6 Å². The van der Waals surface area contributed by atoms with Crippen LogP contribution in [0.1, 0.15) is 19.5 Å². The third-order valence-corrected chi connectivity index (χ3v) is 2.92. The van der Waals surface area contributed by atoms with Gasteiger partial charge in [0, 0.05) is 12.7 Å². The number of nitrogens with one attached hydrogen (secondary N) is 1. The summed E-state index contributed by atoms with van der Waals surface area (Å²) >= 11 is 6.14. The molecule has 4 heteroatoms. The number of aromatic nitrogens is 2. The molecule has 0 aliphatic heterocycles. The molecule has 1 aromatic carbocycles. The lowest BCUT2D eigenvalue weighted by Crippen LogP contribution is -2.19. The minimum absolute atomic E-state index is 0.649. The summed E-state index contributed by atoms with van der Waals surface area (Å²) in [7, 11) is 0. The van der Waals surface area contributed by atoms with Crippen molar-refractivity contribution in [3.8, 4) is 5.69 Å². The van der Waals surface area contributed by atoms with Gasteiger partial charge < -0.3 is 5.32 Å². The van der Waals surface area contributed by atoms with Crippen LogP contribution >= 0.6 is 11.6 Å². The Morgan fingerprint density at radius 3 is 2.78 bits per heavy atom. The van der Waals surface area contributed by atoms with Crippen molar-refractivity contribution in [3.05, 3.63) is 47.2 Å².